The molecule has 1 N–H and O–H groups in total. The van der Waals surface area contributed by atoms with Gasteiger partial charge in [0.05, 0.1) is 0 Å². The summed E-state index contributed by atoms with van der Waals surface area (Å²) in [5.41, 5.74) is 1.31. The Labute approximate surface area is 130 Å². The van der Waals surface area contributed by atoms with E-state index in [2.05, 4.69) is 6.92 Å². The average molecular weight is 296 g/mol. The van der Waals surface area contributed by atoms with Crippen molar-refractivity contribution in [2.24, 2.45) is 0 Å². The highest BCUT2D eigenvalue weighted by atomic mass is 16.3. The third-order valence-corrected chi connectivity index (χ3v) is 3.59. The Morgan fingerprint density at radius 3 is 1.68 bits per heavy atom. The predicted molar refractivity (Wildman–Crippen MR) is 86.3 cm³/mol. The molecule has 0 saturated heterocycles. The van der Waals surface area contributed by atoms with Crippen molar-refractivity contribution >= 4 is 11.6 Å². The van der Waals surface area contributed by atoms with Crippen molar-refractivity contribution in [2.75, 3.05) is 0 Å². The topological polar surface area (TPSA) is 54.4 Å². The van der Waals surface area contributed by atoms with E-state index in [1.54, 1.807) is 24.3 Å². The van der Waals surface area contributed by atoms with Crippen molar-refractivity contribution in [3.8, 4) is 0 Å². The molecule has 3 nitrogen and oxygen atoms in total. The van der Waals surface area contributed by atoms with Gasteiger partial charge in [-0.05, 0) is 25.8 Å². The molecule has 0 aliphatic heterocycles. The van der Waals surface area contributed by atoms with Gasteiger partial charge >= 0.3 is 0 Å². The van der Waals surface area contributed by atoms with E-state index in [0.717, 1.165) is 6.42 Å². The maximum Gasteiger partial charge on any atom is 0.193 e. The van der Waals surface area contributed by atoms with Gasteiger partial charge in [0.25, 0.3) is 0 Å². The van der Waals surface area contributed by atoms with E-state index in [0.29, 0.717) is 16.7 Å². The van der Waals surface area contributed by atoms with Crippen LogP contribution in [0, 0.1) is 0 Å². The Balaban J connectivity index is 2.22. The Bertz CT molecular complexity index is 674. The van der Waals surface area contributed by atoms with Gasteiger partial charge in [0.2, 0.25) is 0 Å². The van der Waals surface area contributed by atoms with Gasteiger partial charge in [-0.25, -0.2) is 0 Å². The van der Waals surface area contributed by atoms with E-state index >= 15 is 0 Å². The molecule has 0 heterocycles. The summed E-state index contributed by atoms with van der Waals surface area (Å²) in [6, 6.07) is 13.9. The van der Waals surface area contributed by atoms with Crippen LogP contribution in [0.25, 0.3) is 0 Å². The largest absolute Gasteiger partial charge is 0.382 e. The van der Waals surface area contributed by atoms with Crippen LogP contribution in [0.5, 0.6) is 0 Å². The number of Topliss-reactive ketones (excluding diaryl/α,β-unsaturated/α-hetero) is 1. The van der Waals surface area contributed by atoms with E-state index in [-0.39, 0.29) is 11.6 Å². The van der Waals surface area contributed by atoms with Gasteiger partial charge < -0.3 is 5.11 Å². The molecule has 0 spiro atoms. The van der Waals surface area contributed by atoms with Crippen molar-refractivity contribution in [3.63, 3.8) is 0 Å². The summed E-state index contributed by atoms with van der Waals surface area (Å²) < 4.78 is 0. The second-order valence-corrected chi connectivity index (χ2v) is 5.85. The van der Waals surface area contributed by atoms with Crippen LogP contribution in [0.3, 0.4) is 0 Å². The molecule has 2 aromatic rings. The van der Waals surface area contributed by atoms with Gasteiger partial charge in [-0.3, -0.25) is 9.59 Å². The quantitative estimate of drug-likeness (QED) is 0.860. The van der Waals surface area contributed by atoms with Crippen molar-refractivity contribution in [1.82, 2.24) is 0 Å². The minimum atomic E-state index is -1.42. The van der Waals surface area contributed by atoms with E-state index < -0.39 is 5.60 Å². The summed E-state index contributed by atoms with van der Waals surface area (Å²) in [4.78, 5) is 24.3. The fourth-order valence-corrected chi connectivity index (χ4v) is 2.18. The van der Waals surface area contributed by atoms with Crippen LogP contribution in [-0.2, 0) is 6.42 Å². The normalized spacial score (nSPS) is 11.3. The van der Waals surface area contributed by atoms with Crippen LogP contribution in [0.1, 0.15) is 52.6 Å². The zero-order chi connectivity index (χ0) is 16.3. The number of rotatable bonds is 5. The summed E-state index contributed by atoms with van der Waals surface area (Å²) in [5.74, 6) is -0.441. The van der Waals surface area contributed by atoms with Crippen LogP contribution in [0.4, 0.5) is 0 Å². The zero-order valence-corrected chi connectivity index (χ0v) is 13.1. The third-order valence-electron chi connectivity index (χ3n) is 3.59. The van der Waals surface area contributed by atoms with Crippen molar-refractivity contribution < 1.29 is 14.7 Å². The Morgan fingerprint density at radius 2 is 1.27 bits per heavy atom. The summed E-state index contributed by atoms with van der Waals surface area (Å²) in [7, 11) is 0. The monoisotopic (exact) mass is 296 g/mol. The number of carbonyl (C=O) groups excluding carboxylic acids is 2. The molecule has 22 heavy (non-hydrogen) atoms. The molecular weight excluding hydrogens is 276 g/mol. The minimum absolute atomic E-state index is 0.0788. The summed E-state index contributed by atoms with van der Waals surface area (Å²) in [6.45, 7) is 4.96. The van der Waals surface area contributed by atoms with Gasteiger partial charge in [0.1, 0.15) is 5.60 Å². The van der Waals surface area contributed by atoms with Crippen LogP contribution < -0.4 is 0 Å². The SMILES string of the molecule is CCc1ccc(C(=O)c2ccc(C(=O)C(C)(C)O)cc2)cc1. The lowest BCUT2D eigenvalue weighted by molar-refractivity contribution is 0.0488. The van der Waals surface area contributed by atoms with Gasteiger partial charge in [0, 0.05) is 16.7 Å². The lowest BCUT2D eigenvalue weighted by atomic mass is 9.94. The number of aliphatic hydroxyl groups is 1. The van der Waals surface area contributed by atoms with Crippen molar-refractivity contribution in [1.29, 1.82) is 0 Å². The van der Waals surface area contributed by atoms with Gasteiger partial charge in [-0.15, -0.1) is 0 Å². The molecule has 0 aliphatic carbocycles. The van der Waals surface area contributed by atoms with Crippen LogP contribution in [0.2, 0.25) is 0 Å². The Hall–Kier alpha value is -2.26. The summed E-state index contributed by atoms with van der Waals surface area (Å²) >= 11 is 0. The standard InChI is InChI=1S/C19H20O3/c1-4-13-5-7-14(8-6-13)17(20)15-9-11-16(12-10-15)18(21)19(2,3)22/h5-12,22H,4H2,1-3H3. The lowest BCUT2D eigenvalue weighted by Gasteiger charge is -2.15. The fourth-order valence-electron chi connectivity index (χ4n) is 2.18. The molecule has 0 unspecified atom stereocenters. The molecule has 0 atom stereocenters. The van der Waals surface area contributed by atoms with Crippen molar-refractivity contribution in [3.05, 3.63) is 70.8 Å². The highest BCUT2D eigenvalue weighted by molar-refractivity contribution is 6.09. The minimum Gasteiger partial charge on any atom is -0.382 e. The Morgan fingerprint density at radius 1 is 0.864 bits per heavy atom. The number of carbonyl (C=O) groups is 2. The van der Waals surface area contributed by atoms with Gasteiger partial charge in [-0.2, -0.15) is 0 Å². The zero-order valence-electron chi connectivity index (χ0n) is 13.1. The second-order valence-electron chi connectivity index (χ2n) is 5.85. The first-order valence-corrected chi connectivity index (χ1v) is 7.34. The summed E-state index contributed by atoms with van der Waals surface area (Å²) in [6.07, 6.45) is 0.933. The average Bonchev–Trinajstić information content (AvgIpc) is 2.53. The molecule has 0 fully saturated rings. The highest BCUT2D eigenvalue weighted by Crippen LogP contribution is 2.16. The number of benzene rings is 2. The molecule has 2 aromatic carbocycles. The molecule has 3 heteroatoms. The third kappa shape index (κ3) is 3.49. The smallest absolute Gasteiger partial charge is 0.193 e. The number of hydrogen-bond acceptors (Lipinski definition) is 3. The number of ketones is 2. The molecule has 0 aromatic heterocycles. The molecule has 2 rings (SSSR count). The summed E-state index contributed by atoms with van der Waals surface area (Å²) in [5, 5.41) is 9.73. The Kier molecular flexibility index (Phi) is 4.57. The van der Waals surface area contributed by atoms with E-state index in [1.165, 1.54) is 19.4 Å². The lowest BCUT2D eigenvalue weighted by Crippen LogP contribution is -2.31. The van der Waals surface area contributed by atoms with E-state index in [9.17, 15) is 14.7 Å². The predicted octanol–water partition coefficient (Wildman–Crippen LogP) is 3.43. The molecule has 0 bridgehead atoms. The van der Waals surface area contributed by atoms with Crippen LogP contribution >= 0.6 is 0 Å². The first-order chi connectivity index (χ1) is 10.3. The number of hydrogen-bond donors (Lipinski definition) is 1. The van der Waals surface area contributed by atoms with Crippen LogP contribution in [0.15, 0.2) is 48.5 Å². The van der Waals surface area contributed by atoms with Crippen molar-refractivity contribution in [2.45, 2.75) is 32.8 Å². The maximum absolute atomic E-state index is 12.4. The van der Waals surface area contributed by atoms with Gasteiger partial charge in [-0.1, -0.05) is 55.5 Å². The first kappa shape index (κ1) is 16.1. The molecule has 0 aliphatic rings. The molecular formula is C19H20O3. The fraction of sp³-hybridized carbons (Fsp3) is 0.263. The highest BCUT2D eigenvalue weighted by Gasteiger charge is 2.25. The molecule has 114 valence electrons. The molecule has 0 radical (unpaired) electrons. The van der Waals surface area contributed by atoms with E-state index in [4.69, 9.17) is 0 Å². The maximum atomic E-state index is 12.4. The number of aryl methyl sites for hydroxylation is 1. The first-order valence-electron chi connectivity index (χ1n) is 7.34. The van der Waals surface area contributed by atoms with E-state index in [1.807, 2.05) is 24.3 Å². The van der Waals surface area contributed by atoms with Crippen LogP contribution in [-0.4, -0.2) is 22.3 Å². The molecule has 0 saturated carbocycles. The molecule has 0 amide bonds. The second kappa shape index (κ2) is 6.24. The van der Waals surface area contributed by atoms with Gasteiger partial charge in [0.15, 0.2) is 11.6 Å².